The minimum atomic E-state index is 0.0165. The van der Waals surface area contributed by atoms with Gasteiger partial charge in [0, 0.05) is 26.7 Å². The number of nitrogens with zero attached hydrogens (tertiary/aromatic N) is 2. The molecule has 5 heteroatoms. The van der Waals surface area contributed by atoms with Crippen LogP contribution in [0.3, 0.4) is 0 Å². The van der Waals surface area contributed by atoms with Crippen LogP contribution in [0.1, 0.15) is 39.0 Å². The number of likely N-dealkylation sites (N-methyl/N-ethyl adjacent to an activating group) is 2. The standard InChI is InChI=1S/C16H29N3O2/c1-12-9-17-10-14(12)16(21)18(2)11-15(20)19(3)13-7-5-4-6-8-13/h12-14,17H,4-11H2,1-3H3. The smallest absolute Gasteiger partial charge is 0.242 e. The Labute approximate surface area is 128 Å². The summed E-state index contributed by atoms with van der Waals surface area (Å²) in [6, 6.07) is 0.363. The number of carbonyl (C=O) groups is 2. The highest BCUT2D eigenvalue weighted by Gasteiger charge is 2.32. The summed E-state index contributed by atoms with van der Waals surface area (Å²) in [7, 11) is 3.64. The Bertz CT molecular complexity index is 380. The Morgan fingerprint density at radius 3 is 2.33 bits per heavy atom. The molecule has 1 aliphatic carbocycles. The first-order valence-corrected chi connectivity index (χ1v) is 8.22. The van der Waals surface area contributed by atoms with Gasteiger partial charge in [0.25, 0.3) is 0 Å². The molecule has 2 amide bonds. The van der Waals surface area contributed by atoms with Gasteiger partial charge in [0.1, 0.15) is 0 Å². The summed E-state index contributed by atoms with van der Waals surface area (Å²) in [5, 5.41) is 3.24. The van der Waals surface area contributed by atoms with E-state index in [9.17, 15) is 9.59 Å². The van der Waals surface area contributed by atoms with Gasteiger partial charge >= 0.3 is 0 Å². The molecular formula is C16H29N3O2. The molecule has 2 fully saturated rings. The van der Waals surface area contributed by atoms with Crippen LogP contribution in [0.25, 0.3) is 0 Å². The van der Waals surface area contributed by atoms with Crippen molar-refractivity contribution < 1.29 is 9.59 Å². The molecule has 1 saturated carbocycles. The van der Waals surface area contributed by atoms with E-state index in [1.807, 2.05) is 11.9 Å². The second-order valence-electron chi connectivity index (χ2n) is 6.73. The third-order valence-electron chi connectivity index (χ3n) is 5.10. The average molecular weight is 295 g/mol. The van der Waals surface area contributed by atoms with Gasteiger partial charge in [-0.25, -0.2) is 0 Å². The van der Waals surface area contributed by atoms with E-state index in [0.717, 1.165) is 25.9 Å². The summed E-state index contributed by atoms with van der Waals surface area (Å²) < 4.78 is 0. The van der Waals surface area contributed by atoms with Crippen LogP contribution >= 0.6 is 0 Å². The molecule has 120 valence electrons. The minimum Gasteiger partial charge on any atom is -0.341 e. The first kappa shape index (κ1) is 16.3. The van der Waals surface area contributed by atoms with E-state index in [0.29, 0.717) is 12.0 Å². The minimum absolute atomic E-state index is 0.0165. The van der Waals surface area contributed by atoms with Crippen molar-refractivity contribution in [1.29, 1.82) is 0 Å². The Balaban J connectivity index is 1.84. The van der Waals surface area contributed by atoms with Gasteiger partial charge in [0.2, 0.25) is 11.8 Å². The van der Waals surface area contributed by atoms with Crippen molar-refractivity contribution in [2.75, 3.05) is 33.7 Å². The quantitative estimate of drug-likeness (QED) is 0.845. The lowest BCUT2D eigenvalue weighted by atomic mass is 9.94. The molecule has 2 aliphatic rings. The number of hydrogen-bond acceptors (Lipinski definition) is 3. The summed E-state index contributed by atoms with van der Waals surface area (Å²) >= 11 is 0. The zero-order valence-electron chi connectivity index (χ0n) is 13.6. The normalized spacial score (nSPS) is 26.6. The fourth-order valence-electron chi connectivity index (χ4n) is 3.49. The van der Waals surface area contributed by atoms with Crippen LogP contribution in [0.15, 0.2) is 0 Å². The van der Waals surface area contributed by atoms with Gasteiger partial charge in [-0.1, -0.05) is 26.2 Å². The molecule has 21 heavy (non-hydrogen) atoms. The van der Waals surface area contributed by atoms with E-state index >= 15 is 0 Å². The maximum absolute atomic E-state index is 12.4. The van der Waals surface area contributed by atoms with Crippen molar-refractivity contribution in [2.24, 2.45) is 11.8 Å². The molecule has 2 unspecified atom stereocenters. The van der Waals surface area contributed by atoms with E-state index in [1.165, 1.54) is 19.3 Å². The average Bonchev–Trinajstić information content (AvgIpc) is 2.92. The van der Waals surface area contributed by atoms with Crippen LogP contribution in [0.5, 0.6) is 0 Å². The first-order chi connectivity index (χ1) is 10.0. The van der Waals surface area contributed by atoms with Crippen molar-refractivity contribution in [3.8, 4) is 0 Å². The molecule has 2 rings (SSSR count). The lowest BCUT2D eigenvalue weighted by Crippen LogP contribution is -2.46. The van der Waals surface area contributed by atoms with E-state index in [-0.39, 0.29) is 24.3 Å². The maximum Gasteiger partial charge on any atom is 0.242 e. The number of rotatable bonds is 4. The number of carbonyl (C=O) groups excluding carboxylic acids is 2. The molecule has 1 aliphatic heterocycles. The van der Waals surface area contributed by atoms with Gasteiger partial charge < -0.3 is 15.1 Å². The first-order valence-electron chi connectivity index (χ1n) is 8.22. The Morgan fingerprint density at radius 2 is 1.76 bits per heavy atom. The topological polar surface area (TPSA) is 52.7 Å². The monoisotopic (exact) mass is 295 g/mol. The SMILES string of the molecule is CC1CNCC1C(=O)N(C)CC(=O)N(C)C1CCCCC1. The summed E-state index contributed by atoms with van der Waals surface area (Å²) in [4.78, 5) is 28.2. The molecule has 0 aromatic rings. The molecular weight excluding hydrogens is 266 g/mol. The van der Waals surface area contributed by atoms with Crippen molar-refractivity contribution >= 4 is 11.8 Å². The molecule has 1 heterocycles. The van der Waals surface area contributed by atoms with Gasteiger partial charge in [-0.15, -0.1) is 0 Å². The van der Waals surface area contributed by atoms with Gasteiger partial charge in [-0.05, 0) is 25.3 Å². The predicted molar refractivity (Wildman–Crippen MR) is 82.8 cm³/mol. The zero-order valence-corrected chi connectivity index (χ0v) is 13.6. The van der Waals surface area contributed by atoms with Crippen molar-refractivity contribution in [2.45, 2.75) is 45.1 Å². The molecule has 2 atom stereocenters. The van der Waals surface area contributed by atoms with Crippen LogP contribution in [-0.4, -0.2) is 61.4 Å². The highest BCUT2D eigenvalue weighted by Crippen LogP contribution is 2.22. The number of nitrogens with one attached hydrogen (secondary N) is 1. The van der Waals surface area contributed by atoms with Gasteiger partial charge in [-0.2, -0.15) is 0 Å². The number of amides is 2. The highest BCUT2D eigenvalue weighted by atomic mass is 16.2. The maximum atomic E-state index is 12.4. The summed E-state index contributed by atoms with van der Waals surface area (Å²) in [5.41, 5.74) is 0. The van der Waals surface area contributed by atoms with Crippen molar-refractivity contribution in [3.63, 3.8) is 0 Å². The fourth-order valence-corrected chi connectivity index (χ4v) is 3.49. The summed E-state index contributed by atoms with van der Waals surface area (Å²) in [6.45, 7) is 3.92. The third kappa shape index (κ3) is 3.96. The number of hydrogen-bond donors (Lipinski definition) is 1. The zero-order chi connectivity index (χ0) is 15.4. The van der Waals surface area contributed by atoms with Crippen LogP contribution in [-0.2, 0) is 9.59 Å². The molecule has 1 saturated heterocycles. The van der Waals surface area contributed by atoms with E-state index in [4.69, 9.17) is 0 Å². The van der Waals surface area contributed by atoms with Crippen LogP contribution in [0.2, 0.25) is 0 Å². The van der Waals surface area contributed by atoms with Gasteiger partial charge in [0.15, 0.2) is 0 Å². The second-order valence-corrected chi connectivity index (χ2v) is 6.73. The van der Waals surface area contributed by atoms with Crippen molar-refractivity contribution in [1.82, 2.24) is 15.1 Å². The lowest BCUT2D eigenvalue weighted by Gasteiger charge is -2.33. The molecule has 0 bridgehead atoms. The Morgan fingerprint density at radius 1 is 1.10 bits per heavy atom. The summed E-state index contributed by atoms with van der Waals surface area (Å²) in [5.74, 6) is 0.531. The van der Waals surface area contributed by atoms with Crippen molar-refractivity contribution in [3.05, 3.63) is 0 Å². The second kappa shape index (κ2) is 7.25. The van der Waals surface area contributed by atoms with E-state index in [2.05, 4.69) is 12.2 Å². The van der Waals surface area contributed by atoms with Crippen LogP contribution in [0, 0.1) is 11.8 Å². The molecule has 0 aromatic heterocycles. The fraction of sp³-hybridized carbons (Fsp3) is 0.875. The van der Waals surface area contributed by atoms with E-state index in [1.54, 1.807) is 11.9 Å². The lowest BCUT2D eigenvalue weighted by molar-refractivity contribution is -0.142. The molecule has 0 aromatic carbocycles. The molecule has 0 radical (unpaired) electrons. The van der Waals surface area contributed by atoms with E-state index < -0.39 is 0 Å². The highest BCUT2D eigenvalue weighted by molar-refractivity contribution is 5.86. The molecule has 5 nitrogen and oxygen atoms in total. The molecule has 1 N–H and O–H groups in total. The van der Waals surface area contributed by atoms with Crippen LogP contribution in [0.4, 0.5) is 0 Å². The van der Waals surface area contributed by atoms with Gasteiger partial charge in [0.05, 0.1) is 12.5 Å². The Kier molecular flexibility index (Phi) is 5.62. The predicted octanol–water partition coefficient (Wildman–Crippen LogP) is 1.09. The van der Waals surface area contributed by atoms with Crippen LogP contribution < -0.4 is 5.32 Å². The third-order valence-corrected chi connectivity index (χ3v) is 5.10. The summed E-state index contributed by atoms with van der Waals surface area (Å²) in [6.07, 6.45) is 5.90. The largest absolute Gasteiger partial charge is 0.341 e. The molecule has 0 spiro atoms. The Hall–Kier alpha value is -1.10. The van der Waals surface area contributed by atoms with Gasteiger partial charge in [-0.3, -0.25) is 9.59 Å².